The summed E-state index contributed by atoms with van der Waals surface area (Å²) in [6, 6.07) is 10.5. The third-order valence-electron chi connectivity index (χ3n) is 5.43. The minimum absolute atomic E-state index is 0.265. The van der Waals surface area contributed by atoms with Crippen LogP contribution >= 0.6 is 0 Å². The van der Waals surface area contributed by atoms with E-state index in [2.05, 4.69) is 45.3 Å². The van der Waals surface area contributed by atoms with Gasteiger partial charge in [0.25, 0.3) is 0 Å². The van der Waals surface area contributed by atoms with Gasteiger partial charge in [0.2, 0.25) is 0 Å². The van der Waals surface area contributed by atoms with Crippen molar-refractivity contribution in [1.82, 2.24) is 0 Å². The lowest BCUT2D eigenvalue weighted by Crippen LogP contribution is -2.49. The molecule has 1 rings (SSSR count). The molecule has 0 bridgehead atoms. The summed E-state index contributed by atoms with van der Waals surface area (Å²) >= 11 is 0. The van der Waals surface area contributed by atoms with Crippen molar-refractivity contribution in [3.63, 3.8) is 0 Å². The zero-order chi connectivity index (χ0) is 18.4. The van der Waals surface area contributed by atoms with Crippen LogP contribution < -0.4 is 0 Å². The Morgan fingerprint density at radius 2 is 1.32 bits per heavy atom. The fraction of sp³-hybridized carbons (Fsp3) is 0.739. The average Bonchev–Trinajstić information content (AvgIpc) is 2.62. The van der Waals surface area contributed by atoms with Crippen LogP contribution in [0.1, 0.15) is 83.1 Å². The smallest absolute Gasteiger partial charge is 0.190 e. The van der Waals surface area contributed by atoms with E-state index in [0.29, 0.717) is 0 Å². The minimum Gasteiger partial charge on any atom is -0.345 e. The van der Waals surface area contributed by atoms with E-state index in [4.69, 9.17) is 0 Å². The van der Waals surface area contributed by atoms with Crippen LogP contribution in [0, 0.1) is 0 Å². The quantitative estimate of drug-likeness (QED) is 0.236. The van der Waals surface area contributed by atoms with Gasteiger partial charge in [-0.15, -0.1) is 0 Å². The minimum atomic E-state index is -0.265. The lowest BCUT2D eigenvalue weighted by atomic mass is 10.1. The van der Waals surface area contributed by atoms with Crippen molar-refractivity contribution < 1.29 is 9.59 Å². The lowest BCUT2D eigenvalue weighted by Gasteiger charge is -2.35. The molecule has 25 heavy (non-hydrogen) atoms. The van der Waals surface area contributed by atoms with Crippen molar-refractivity contribution in [3.05, 3.63) is 35.9 Å². The second-order valence-corrected chi connectivity index (χ2v) is 8.19. The van der Waals surface area contributed by atoms with Crippen LogP contribution in [0.2, 0.25) is 0 Å². The Labute approximate surface area is 156 Å². The zero-order valence-corrected chi connectivity index (χ0v) is 17.1. The van der Waals surface area contributed by atoms with E-state index in [1.165, 1.54) is 69.8 Å². The summed E-state index contributed by atoms with van der Waals surface area (Å²) in [6.45, 7) is 3.35. The highest BCUT2D eigenvalue weighted by Gasteiger charge is 2.24. The molecule has 0 saturated heterocycles. The van der Waals surface area contributed by atoms with Crippen molar-refractivity contribution in [2.75, 3.05) is 20.6 Å². The highest BCUT2D eigenvalue weighted by molar-refractivity contribution is 5.14. The fourth-order valence-corrected chi connectivity index (χ4v) is 3.45. The Morgan fingerprint density at radius 3 is 1.88 bits per heavy atom. The molecule has 0 amide bonds. The zero-order valence-electron chi connectivity index (χ0n) is 17.1. The highest BCUT2D eigenvalue weighted by atomic mass is 16.3. The first kappa shape index (κ1) is 22.2. The third kappa shape index (κ3) is 10.7. The number of nitrogens with zero attached hydrogens (tertiary/aromatic N) is 1. The summed E-state index contributed by atoms with van der Waals surface area (Å²) in [5.41, 5.74) is 1.32. The number of aryl methyl sites for hydroxylation is 1. The summed E-state index contributed by atoms with van der Waals surface area (Å²) in [5.74, 6) is 0. The number of hydrogen-bond donors (Lipinski definition) is 1. The molecule has 0 aliphatic heterocycles. The molecule has 0 unspecified atom stereocenters. The second-order valence-electron chi connectivity index (χ2n) is 8.19. The molecular weight excluding hydrogens is 306 g/mol. The van der Waals surface area contributed by atoms with Gasteiger partial charge in [-0.1, -0.05) is 88.6 Å². The van der Waals surface area contributed by atoms with E-state index in [1.807, 2.05) is 6.07 Å². The predicted molar refractivity (Wildman–Crippen MR) is 110 cm³/mol. The number of unbranched alkanes of at least 4 members (excludes halogenated alkanes) is 9. The van der Waals surface area contributed by atoms with Crippen LogP contribution in [0.4, 0.5) is 0 Å². The van der Waals surface area contributed by atoms with Gasteiger partial charge in [0.15, 0.2) is 6.23 Å². The van der Waals surface area contributed by atoms with Gasteiger partial charge in [-0.3, -0.25) is 0 Å². The van der Waals surface area contributed by atoms with Crippen molar-refractivity contribution in [2.24, 2.45) is 0 Å². The Bertz CT molecular complexity index is 415. The molecule has 1 atom stereocenters. The molecule has 0 aromatic heterocycles. The average molecular weight is 349 g/mol. The summed E-state index contributed by atoms with van der Waals surface area (Å²) in [5, 5.41) is 10.6. The maximum absolute atomic E-state index is 10.6. The SMILES string of the molecule is CCCCCCCCCCCC[N+](C)(C)[C@@H](O)CCc1ccccc1. The van der Waals surface area contributed by atoms with Crippen molar-refractivity contribution in [1.29, 1.82) is 0 Å². The van der Waals surface area contributed by atoms with Gasteiger partial charge in [0, 0.05) is 6.42 Å². The second kappa shape index (κ2) is 13.4. The fourth-order valence-electron chi connectivity index (χ4n) is 3.45. The maximum Gasteiger partial charge on any atom is 0.190 e. The Hall–Kier alpha value is -0.860. The molecule has 144 valence electrons. The first-order chi connectivity index (χ1) is 12.1. The molecule has 0 fully saturated rings. The topological polar surface area (TPSA) is 20.2 Å². The summed E-state index contributed by atoms with van der Waals surface area (Å²) < 4.78 is 0.726. The molecule has 0 aliphatic carbocycles. The molecule has 1 aromatic carbocycles. The highest BCUT2D eigenvalue weighted by Crippen LogP contribution is 2.15. The Kier molecular flexibility index (Phi) is 11.9. The van der Waals surface area contributed by atoms with Gasteiger partial charge in [-0.25, -0.2) is 0 Å². The standard InChI is InChI=1S/C23H42NO/c1-4-5-6-7-8-9-10-11-12-16-21-24(2,3)23(25)20-19-22-17-14-13-15-18-22/h13-15,17-18,23,25H,4-12,16,19-21H2,1-3H3/q+1/t23-/m0/s1. The Morgan fingerprint density at radius 1 is 0.800 bits per heavy atom. The van der Waals surface area contributed by atoms with Crippen molar-refractivity contribution >= 4 is 0 Å². The van der Waals surface area contributed by atoms with E-state index < -0.39 is 0 Å². The molecule has 0 saturated carbocycles. The first-order valence-corrected chi connectivity index (χ1v) is 10.6. The van der Waals surface area contributed by atoms with E-state index in [0.717, 1.165) is 23.9 Å². The summed E-state index contributed by atoms with van der Waals surface area (Å²) in [7, 11) is 4.34. The van der Waals surface area contributed by atoms with E-state index in [1.54, 1.807) is 0 Å². The van der Waals surface area contributed by atoms with Crippen molar-refractivity contribution in [3.8, 4) is 0 Å². The summed E-state index contributed by atoms with van der Waals surface area (Å²) in [6.07, 6.45) is 15.2. The summed E-state index contributed by atoms with van der Waals surface area (Å²) in [4.78, 5) is 0. The molecule has 1 N–H and O–H groups in total. The van der Waals surface area contributed by atoms with Gasteiger partial charge in [0.05, 0.1) is 20.6 Å². The van der Waals surface area contributed by atoms with Crippen LogP contribution in [-0.2, 0) is 6.42 Å². The van der Waals surface area contributed by atoms with Gasteiger partial charge in [-0.05, 0) is 24.8 Å². The van der Waals surface area contributed by atoms with Crippen LogP contribution in [-0.4, -0.2) is 36.5 Å². The molecule has 1 aromatic rings. The first-order valence-electron chi connectivity index (χ1n) is 10.6. The molecule has 2 nitrogen and oxygen atoms in total. The van der Waals surface area contributed by atoms with Gasteiger partial charge in [-0.2, -0.15) is 0 Å². The molecule has 2 heteroatoms. The monoisotopic (exact) mass is 348 g/mol. The van der Waals surface area contributed by atoms with E-state index in [9.17, 15) is 5.11 Å². The largest absolute Gasteiger partial charge is 0.345 e. The van der Waals surface area contributed by atoms with Crippen molar-refractivity contribution in [2.45, 2.75) is 90.2 Å². The molecule has 0 heterocycles. The lowest BCUT2D eigenvalue weighted by molar-refractivity contribution is -0.937. The molecule has 0 spiro atoms. The number of hydrogen-bond acceptors (Lipinski definition) is 1. The number of aliphatic hydroxyl groups excluding tert-OH is 1. The van der Waals surface area contributed by atoms with E-state index in [-0.39, 0.29) is 6.23 Å². The van der Waals surface area contributed by atoms with Gasteiger partial charge in [0.1, 0.15) is 0 Å². The number of benzene rings is 1. The van der Waals surface area contributed by atoms with Crippen LogP contribution in [0.5, 0.6) is 0 Å². The molecular formula is C23H42NO+. The van der Waals surface area contributed by atoms with Crippen LogP contribution in [0.3, 0.4) is 0 Å². The number of aliphatic hydroxyl groups is 1. The number of quaternary nitrogens is 1. The molecule has 0 radical (unpaired) electrons. The Balaban J connectivity index is 2.05. The predicted octanol–water partition coefficient (Wildman–Crippen LogP) is 5.93. The maximum atomic E-state index is 10.6. The van der Waals surface area contributed by atoms with E-state index >= 15 is 0 Å². The van der Waals surface area contributed by atoms with Crippen LogP contribution in [0.15, 0.2) is 30.3 Å². The molecule has 0 aliphatic rings. The normalized spacial score (nSPS) is 13.1. The van der Waals surface area contributed by atoms with Gasteiger partial charge < -0.3 is 9.59 Å². The number of rotatable bonds is 15. The van der Waals surface area contributed by atoms with Crippen LogP contribution in [0.25, 0.3) is 0 Å². The third-order valence-corrected chi connectivity index (χ3v) is 5.43. The van der Waals surface area contributed by atoms with Gasteiger partial charge >= 0.3 is 0 Å².